The molecular weight excluding hydrogens is 308 g/mol. The molecule has 23 heavy (non-hydrogen) atoms. The highest BCUT2D eigenvalue weighted by Crippen LogP contribution is 2.22. The fraction of sp³-hybridized carbons (Fsp3) is 0.500. The van der Waals surface area contributed by atoms with Crippen LogP contribution >= 0.6 is 0 Å². The molecule has 1 aromatic rings. The number of benzene rings is 1. The van der Waals surface area contributed by atoms with Crippen LogP contribution in [-0.4, -0.2) is 31.7 Å². The summed E-state index contributed by atoms with van der Waals surface area (Å²) in [5.41, 5.74) is -0.286. The van der Waals surface area contributed by atoms with Gasteiger partial charge in [-0.15, -0.1) is 0 Å². The van der Waals surface area contributed by atoms with Crippen molar-refractivity contribution in [2.45, 2.75) is 37.8 Å². The highest BCUT2D eigenvalue weighted by Gasteiger charge is 2.27. The zero-order valence-electron chi connectivity index (χ0n) is 12.8. The quantitative estimate of drug-likeness (QED) is 0.814. The highest BCUT2D eigenvalue weighted by molar-refractivity contribution is 5.86. The predicted molar refractivity (Wildman–Crippen MR) is 77.5 cm³/mol. The first-order chi connectivity index (χ1) is 11.0. The van der Waals surface area contributed by atoms with E-state index < -0.39 is 29.6 Å². The van der Waals surface area contributed by atoms with Crippen LogP contribution in [0.25, 0.3) is 0 Å². The molecule has 7 heteroatoms. The Kier molecular flexibility index (Phi) is 6.04. The Hall–Kier alpha value is -2.02. The van der Waals surface area contributed by atoms with Crippen molar-refractivity contribution in [1.82, 2.24) is 5.32 Å². The van der Waals surface area contributed by atoms with E-state index in [4.69, 9.17) is 4.74 Å². The second-order valence-electron chi connectivity index (χ2n) is 5.41. The van der Waals surface area contributed by atoms with Crippen LogP contribution in [0.2, 0.25) is 0 Å². The summed E-state index contributed by atoms with van der Waals surface area (Å²) in [6, 6.07) is 1.25. The first kappa shape index (κ1) is 17.3. The summed E-state index contributed by atoms with van der Waals surface area (Å²) in [5, 5.41) is 2.33. The number of methoxy groups -OCH3 is 1. The summed E-state index contributed by atoms with van der Waals surface area (Å²) < 4.78 is 37.1. The van der Waals surface area contributed by atoms with Crippen molar-refractivity contribution in [2.75, 3.05) is 13.7 Å². The average molecular weight is 327 g/mol. The Morgan fingerprint density at radius 1 is 1.30 bits per heavy atom. The van der Waals surface area contributed by atoms with Gasteiger partial charge in [0.1, 0.15) is 18.2 Å². The molecule has 1 aromatic carbocycles. The van der Waals surface area contributed by atoms with Gasteiger partial charge in [-0.1, -0.05) is 12.8 Å². The zero-order chi connectivity index (χ0) is 16.8. The summed E-state index contributed by atoms with van der Waals surface area (Å²) in [5.74, 6) is -3.00. The second-order valence-corrected chi connectivity index (χ2v) is 5.41. The first-order valence-electron chi connectivity index (χ1n) is 7.45. The zero-order valence-corrected chi connectivity index (χ0v) is 12.8. The van der Waals surface area contributed by atoms with Crippen molar-refractivity contribution in [3.05, 3.63) is 35.4 Å². The Bertz CT molecular complexity index is 573. The molecule has 5 nitrogen and oxygen atoms in total. The predicted octanol–water partition coefficient (Wildman–Crippen LogP) is 2.25. The van der Waals surface area contributed by atoms with Gasteiger partial charge in [0.2, 0.25) is 5.91 Å². The van der Waals surface area contributed by atoms with Crippen molar-refractivity contribution in [1.29, 1.82) is 0 Å². The summed E-state index contributed by atoms with van der Waals surface area (Å²) in [7, 11) is 1.10. The molecule has 0 saturated heterocycles. The number of hydrogen-bond donors (Lipinski definition) is 1. The largest absolute Gasteiger partial charge is 0.467 e. The Morgan fingerprint density at radius 2 is 2.00 bits per heavy atom. The molecule has 1 saturated carbocycles. The third-order valence-corrected chi connectivity index (χ3v) is 3.76. The van der Waals surface area contributed by atoms with Gasteiger partial charge in [0.25, 0.3) is 0 Å². The van der Waals surface area contributed by atoms with Crippen molar-refractivity contribution in [3.63, 3.8) is 0 Å². The number of rotatable bonds is 6. The minimum Gasteiger partial charge on any atom is -0.467 e. The van der Waals surface area contributed by atoms with Gasteiger partial charge in [0, 0.05) is 5.56 Å². The molecule has 1 N–H and O–H groups in total. The molecule has 1 aliphatic carbocycles. The van der Waals surface area contributed by atoms with Gasteiger partial charge >= 0.3 is 5.97 Å². The van der Waals surface area contributed by atoms with Gasteiger partial charge in [-0.2, -0.15) is 0 Å². The third-order valence-electron chi connectivity index (χ3n) is 3.76. The van der Waals surface area contributed by atoms with Gasteiger partial charge in [-0.25, -0.2) is 13.6 Å². The number of amides is 1. The molecule has 1 fully saturated rings. The standard InChI is InChI=1S/C16H19F2NO4/c1-22-16(21)15(12-8-10(17)6-7-13(12)18)19-14(20)9-23-11-4-2-3-5-11/h6-8,11,15H,2-5,9H2,1H3,(H,19,20)/t15-/m0/s1. The molecule has 0 unspecified atom stereocenters. The monoisotopic (exact) mass is 327 g/mol. The highest BCUT2D eigenvalue weighted by atomic mass is 19.1. The van der Waals surface area contributed by atoms with Gasteiger partial charge in [-0.05, 0) is 31.0 Å². The van der Waals surface area contributed by atoms with Crippen LogP contribution in [0.15, 0.2) is 18.2 Å². The molecule has 0 bridgehead atoms. The normalized spacial score (nSPS) is 16.1. The summed E-state index contributed by atoms with van der Waals surface area (Å²) in [4.78, 5) is 23.7. The van der Waals surface area contributed by atoms with Crippen LogP contribution in [0.4, 0.5) is 8.78 Å². The van der Waals surface area contributed by atoms with Crippen LogP contribution in [0, 0.1) is 11.6 Å². The lowest BCUT2D eigenvalue weighted by molar-refractivity contribution is -0.146. The van der Waals surface area contributed by atoms with Gasteiger partial charge in [0.15, 0.2) is 6.04 Å². The maximum Gasteiger partial charge on any atom is 0.333 e. The molecule has 2 rings (SSSR count). The molecule has 1 aliphatic rings. The van der Waals surface area contributed by atoms with Crippen LogP contribution in [-0.2, 0) is 19.1 Å². The lowest BCUT2D eigenvalue weighted by Crippen LogP contribution is -2.37. The molecule has 0 spiro atoms. The van der Waals surface area contributed by atoms with Crippen molar-refractivity contribution >= 4 is 11.9 Å². The van der Waals surface area contributed by atoms with Crippen LogP contribution in [0.5, 0.6) is 0 Å². The van der Waals surface area contributed by atoms with E-state index in [-0.39, 0.29) is 18.3 Å². The van der Waals surface area contributed by atoms with E-state index in [2.05, 4.69) is 10.1 Å². The SMILES string of the molecule is COC(=O)[C@@H](NC(=O)COC1CCCC1)c1cc(F)ccc1F. The first-order valence-corrected chi connectivity index (χ1v) is 7.45. The van der Waals surface area contributed by atoms with Crippen molar-refractivity contribution < 1.29 is 27.8 Å². The average Bonchev–Trinajstić information content (AvgIpc) is 3.06. The molecule has 0 radical (unpaired) electrons. The molecule has 126 valence electrons. The maximum atomic E-state index is 13.8. The summed E-state index contributed by atoms with van der Waals surface area (Å²) in [6.07, 6.45) is 3.94. The van der Waals surface area contributed by atoms with Crippen LogP contribution < -0.4 is 5.32 Å². The molecule has 1 atom stereocenters. The number of esters is 1. The second kappa shape index (κ2) is 8.01. The number of carbonyl (C=O) groups excluding carboxylic acids is 2. The third kappa shape index (κ3) is 4.72. The topological polar surface area (TPSA) is 64.6 Å². The fourth-order valence-corrected chi connectivity index (χ4v) is 2.57. The number of ether oxygens (including phenoxy) is 2. The van der Waals surface area contributed by atoms with E-state index >= 15 is 0 Å². The molecular formula is C16H19F2NO4. The van der Waals surface area contributed by atoms with Crippen LogP contribution in [0.1, 0.15) is 37.3 Å². The Labute approximate surface area is 133 Å². The van der Waals surface area contributed by atoms with Crippen LogP contribution in [0.3, 0.4) is 0 Å². The lowest BCUT2D eigenvalue weighted by Gasteiger charge is -2.18. The maximum absolute atomic E-state index is 13.8. The Balaban J connectivity index is 2.04. The molecule has 0 aliphatic heterocycles. The van der Waals surface area contributed by atoms with E-state index in [1.165, 1.54) is 0 Å². The van der Waals surface area contributed by atoms with E-state index in [1.54, 1.807) is 0 Å². The van der Waals surface area contributed by atoms with E-state index in [0.717, 1.165) is 51.0 Å². The van der Waals surface area contributed by atoms with E-state index in [9.17, 15) is 18.4 Å². The fourth-order valence-electron chi connectivity index (χ4n) is 2.57. The minimum absolute atomic E-state index is 0.0308. The number of halogens is 2. The Morgan fingerprint density at radius 3 is 2.65 bits per heavy atom. The summed E-state index contributed by atoms with van der Waals surface area (Å²) in [6.45, 7) is -0.241. The molecule has 0 aromatic heterocycles. The van der Waals surface area contributed by atoms with E-state index in [1.807, 2.05) is 0 Å². The summed E-state index contributed by atoms with van der Waals surface area (Å²) >= 11 is 0. The van der Waals surface area contributed by atoms with Gasteiger partial charge < -0.3 is 14.8 Å². The van der Waals surface area contributed by atoms with E-state index in [0.29, 0.717) is 0 Å². The number of hydrogen-bond acceptors (Lipinski definition) is 4. The van der Waals surface area contributed by atoms with Crippen molar-refractivity contribution in [2.24, 2.45) is 0 Å². The van der Waals surface area contributed by atoms with Crippen molar-refractivity contribution in [3.8, 4) is 0 Å². The van der Waals surface area contributed by atoms with Gasteiger partial charge in [-0.3, -0.25) is 4.79 Å². The number of carbonyl (C=O) groups is 2. The minimum atomic E-state index is -1.42. The van der Waals surface area contributed by atoms with Gasteiger partial charge in [0.05, 0.1) is 13.2 Å². The number of nitrogens with one attached hydrogen (secondary N) is 1. The molecule has 0 heterocycles. The molecule has 1 amide bonds. The smallest absolute Gasteiger partial charge is 0.333 e. The lowest BCUT2D eigenvalue weighted by atomic mass is 10.1.